The first kappa shape index (κ1) is 15.3. The summed E-state index contributed by atoms with van der Waals surface area (Å²) < 4.78 is 5.76. The molecule has 0 bridgehead atoms. The first-order valence-corrected chi connectivity index (χ1v) is 7.95. The van der Waals surface area contributed by atoms with Gasteiger partial charge in [-0.3, -0.25) is 4.79 Å². The van der Waals surface area contributed by atoms with Crippen molar-refractivity contribution in [2.45, 2.75) is 50.8 Å². The van der Waals surface area contributed by atoms with E-state index in [1.54, 1.807) is 0 Å². The highest BCUT2D eigenvalue weighted by molar-refractivity contribution is 5.70. The number of rotatable bonds is 3. The number of benzene rings is 1. The van der Waals surface area contributed by atoms with Gasteiger partial charge in [0.1, 0.15) is 18.5 Å². The van der Waals surface area contributed by atoms with Crippen LogP contribution in [0.1, 0.15) is 42.9 Å². The summed E-state index contributed by atoms with van der Waals surface area (Å²) in [4.78, 5) is 11.2. The van der Waals surface area contributed by atoms with Gasteiger partial charge in [-0.2, -0.15) is 0 Å². The topological polar surface area (TPSA) is 78.8 Å². The van der Waals surface area contributed by atoms with Crippen LogP contribution in [0.25, 0.3) is 0 Å². The van der Waals surface area contributed by atoms with Gasteiger partial charge in [-0.1, -0.05) is 18.6 Å². The summed E-state index contributed by atoms with van der Waals surface area (Å²) in [6.07, 6.45) is 2.62. The maximum atomic E-state index is 11.2. The quantitative estimate of drug-likeness (QED) is 0.796. The van der Waals surface area contributed by atoms with Crippen molar-refractivity contribution in [1.29, 1.82) is 0 Å². The summed E-state index contributed by atoms with van der Waals surface area (Å²) >= 11 is 0. The second kappa shape index (κ2) is 6.26. The highest BCUT2D eigenvalue weighted by atomic mass is 16.5. The van der Waals surface area contributed by atoms with E-state index in [9.17, 15) is 9.90 Å². The van der Waals surface area contributed by atoms with Crippen molar-refractivity contribution in [3.05, 3.63) is 29.3 Å². The van der Waals surface area contributed by atoms with Crippen molar-refractivity contribution in [2.75, 3.05) is 6.61 Å². The summed E-state index contributed by atoms with van der Waals surface area (Å²) in [5.74, 6) is -0.242. The zero-order chi connectivity index (χ0) is 15.7. The van der Waals surface area contributed by atoms with Crippen molar-refractivity contribution in [3.63, 3.8) is 0 Å². The Balaban J connectivity index is 1.66. The van der Waals surface area contributed by atoms with Crippen LogP contribution in [0.4, 0.5) is 0 Å². The van der Waals surface area contributed by atoms with E-state index >= 15 is 0 Å². The minimum atomic E-state index is -0.715. The molecular weight excluding hydrogens is 282 g/mol. The van der Waals surface area contributed by atoms with Gasteiger partial charge in [-0.05, 0) is 37.8 Å². The lowest BCUT2D eigenvalue weighted by atomic mass is 9.85. The predicted molar refractivity (Wildman–Crippen MR) is 81.9 cm³/mol. The molecule has 2 aliphatic rings. The first-order chi connectivity index (χ1) is 10.5. The van der Waals surface area contributed by atoms with Crippen LogP contribution < -0.4 is 10.1 Å². The van der Waals surface area contributed by atoms with Gasteiger partial charge in [0.05, 0.1) is 12.0 Å². The molecular formula is C17H23NO4. The Bertz CT molecular complexity index is 560. The molecule has 1 fully saturated rings. The molecule has 1 aliphatic heterocycles. The van der Waals surface area contributed by atoms with Crippen LogP contribution in [0.3, 0.4) is 0 Å². The fourth-order valence-electron chi connectivity index (χ4n) is 3.51. The zero-order valence-electron chi connectivity index (χ0n) is 12.8. The lowest BCUT2D eigenvalue weighted by Crippen LogP contribution is -2.49. The number of ether oxygens (including phenoxy) is 1. The second-order valence-corrected chi connectivity index (χ2v) is 6.47. The summed E-state index contributed by atoms with van der Waals surface area (Å²) in [5, 5.41) is 23.1. The van der Waals surface area contributed by atoms with Crippen LogP contribution in [-0.4, -0.2) is 34.9 Å². The molecule has 5 nitrogen and oxygen atoms in total. The Kier molecular flexibility index (Phi) is 4.36. The van der Waals surface area contributed by atoms with Crippen LogP contribution in [-0.2, 0) is 4.79 Å². The molecule has 5 heteroatoms. The van der Waals surface area contributed by atoms with Gasteiger partial charge in [0, 0.05) is 11.6 Å². The van der Waals surface area contributed by atoms with E-state index in [-0.39, 0.29) is 18.0 Å². The number of aliphatic hydroxyl groups is 1. The van der Waals surface area contributed by atoms with E-state index in [0.717, 1.165) is 36.1 Å². The van der Waals surface area contributed by atoms with Crippen molar-refractivity contribution < 1.29 is 19.7 Å². The summed E-state index contributed by atoms with van der Waals surface area (Å²) in [6, 6.07) is 5.76. The molecule has 22 heavy (non-hydrogen) atoms. The molecule has 0 amide bonds. The molecule has 0 radical (unpaired) electrons. The lowest BCUT2D eigenvalue weighted by molar-refractivity contribution is -0.143. The molecule has 0 spiro atoms. The highest BCUT2D eigenvalue weighted by Gasteiger charge is 2.33. The van der Waals surface area contributed by atoms with Gasteiger partial charge in [0.15, 0.2) is 0 Å². The third-order valence-corrected chi connectivity index (χ3v) is 4.76. The number of nitrogens with one attached hydrogen (secondary N) is 1. The van der Waals surface area contributed by atoms with Gasteiger partial charge >= 0.3 is 5.97 Å². The van der Waals surface area contributed by atoms with Crippen molar-refractivity contribution in [1.82, 2.24) is 5.32 Å². The smallest absolute Gasteiger partial charge is 0.306 e. The van der Waals surface area contributed by atoms with E-state index in [2.05, 4.69) is 5.32 Å². The van der Waals surface area contributed by atoms with Crippen LogP contribution >= 0.6 is 0 Å². The van der Waals surface area contributed by atoms with Crippen LogP contribution in [0.5, 0.6) is 5.75 Å². The van der Waals surface area contributed by atoms with E-state index < -0.39 is 12.1 Å². The summed E-state index contributed by atoms with van der Waals surface area (Å²) in [6.45, 7) is 2.40. The maximum absolute atomic E-state index is 11.2. The van der Waals surface area contributed by atoms with Crippen LogP contribution in [0.2, 0.25) is 0 Å². The number of hydrogen-bond acceptors (Lipinski definition) is 4. The molecule has 1 aliphatic carbocycles. The number of aryl methyl sites for hydroxylation is 1. The van der Waals surface area contributed by atoms with Gasteiger partial charge in [0.2, 0.25) is 0 Å². The van der Waals surface area contributed by atoms with E-state index in [1.807, 2.05) is 25.1 Å². The molecule has 1 unspecified atom stereocenters. The minimum Gasteiger partial charge on any atom is -0.491 e. The fraction of sp³-hybridized carbons (Fsp3) is 0.588. The Hall–Kier alpha value is -1.59. The number of carbonyl (C=O) groups is 1. The van der Waals surface area contributed by atoms with E-state index in [1.165, 1.54) is 0 Å². The second-order valence-electron chi connectivity index (χ2n) is 6.47. The molecule has 1 heterocycles. The van der Waals surface area contributed by atoms with Crippen molar-refractivity contribution in [3.8, 4) is 5.75 Å². The molecule has 3 N–H and O–H groups in total. The standard InChI is InChI=1S/C17H23NO4/c1-10-5-6-13-15(7-10)22-9-14(16(13)19)18-12-4-2-3-11(8-12)17(20)21/h5-7,11-12,14,16,18-19H,2-4,8-9H2,1H3,(H,20,21)/t11?,12-,14+,16-/m1/s1. The summed E-state index contributed by atoms with van der Waals surface area (Å²) in [5.41, 5.74) is 1.91. The highest BCUT2D eigenvalue weighted by Crippen LogP contribution is 2.34. The number of fused-ring (bicyclic) bond motifs is 1. The molecule has 1 saturated carbocycles. The molecule has 1 aromatic carbocycles. The van der Waals surface area contributed by atoms with Crippen molar-refractivity contribution >= 4 is 5.97 Å². The monoisotopic (exact) mass is 305 g/mol. The number of hydrogen-bond donors (Lipinski definition) is 3. The number of carboxylic acid groups (broad SMARTS) is 1. The molecule has 1 aromatic rings. The minimum absolute atomic E-state index is 0.130. The Morgan fingerprint density at radius 1 is 1.36 bits per heavy atom. The Morgan fingerprint density at radius 3 is 2.95 bits per heavy atom. The van der Waals surface area contributed by atoms with Gasteiger partial charge in [-0.15, -0.1) is 0 Å². The van der Waals surface area contributed by atoms with Gasteiger partial charge < -0.3 is 20.3 Å². The number of aliphatic hydroxyl groups excluding tert-OH is 1. The zero-order valence-corrected chi connectivity index (χ0v) is 12.8. The number of carboxylic acids is 1. The lowest BCUT2D eigenvalue weighted by Gasteiger charge is -2.36. The SMILES string of the molecule is Cc1ccc2c(c1)OC[C@H](N[C@@H]1CCCC(C(=O)O)C1)[C@@H]2O. The summed E-state index contributed by atoms with van der Waals surface area (Å²) in [7, 11) is 0. The molecule has 4 atom stereocenters. The maximum Gasteiger partial charge on any atom is 0.306 e. The largest absolute Gasteiger partial charge is 0.491 e. The van der Waals surface area contributed by atoms with Crippen molar-refractivity contribution in [2.24, 2.45) is 5.92 Å². The number of aliphatic carboxylic acids is 1. The average Bonchev–Trinajstić information content (AvgIpc) is 2.50. The van der Waals surface area contributed by atoms with Gasteiger partial charge in [-0.25, -0.2) is 0 Å². The van der Waals surface area contributed by atoms with Gasteiger partial charge in [0.25, 0.3) is 0 Å². The Morgan fingerprint density at radius 2 is 2.18 bits per heavy atom. The van der Waals surface area contributed by atoms with E-state index in [0.29, 0.717) is 13.0 Å². The van der Waals surface area contributed by atoms with Crippen LogP contribution in [0.15, 0.2) is 18.2 Å². The third-order valence-electron chi connectivity index (χ3n) is 4.76. The van der Waals surface area contributed by atoms with Crippen LogP contribution in [0, 0.1) is 12.8 Å². The molecule has 0 aromatic heterocycles. The molecule has 120 valence electrons. The fourth-order valence-corrected chi connectivity index (χ4v) is 3.51. The Labute approximate surface area is 130 Å². The van der Waals surface area contributed by atoms with E-state index in [4.69, 9.17) is 9.84 Å². The predicted octanol–water partition coefficient (Wildman–Crippen LogP) is 2.02. The average molecular weight is 305 g/mol. The first-order valence-electron chi connectivity index (χ1n) is 7.95. The molecule has 0 saturated heterocycles. The third kappa shape index (κ3) is 3.10. The normalized spacial score (nSPS) is 31.2. The molecule has 3 rings (SSSR count).